The van der Waals surface area contributed by atoms with Crippen LogP contribution < -0.4 is 5.32 Å². The van der Waals surface area contributed by atoms with Crippen molar-refractivity contribution < 1.29 is 5.11 Å². The Kier molecular flexibility index (Phi) is 5.73. The number of aromatic nitrogens is 1. The van der Waals surface area contributed by atoms with Gasteiger partial charge in [-0.15, -0.1) is 11.3 Å². The summed E-state index contributed by atoms with van der Waals surface area (Å²) in [7, 11) is 0. The zero-order chi connectivity index (χ0) is 12.0. The zero-order valence-corrected chi connectivity index (χ0v) is 11.0. The standard InChI is InChI=1S/C11H21N3OS/c1-4-12-11-13-7-10(16-11)8-14(5-6-15)9(2)3/h7,9,15H,4-6,8H2,1-3H3,(H,12,13). The third kappa shape index (κ3) is 4.08. The smallest absolute Gasteiger partial charge is 0.182 e. The summed E-state index contributed by atoms with van der Waals surface area (Å²) in [4.78, 5) is 7.77. The molecule has 1 heterocycles. The summed E-state index contributed by atoms with van der Waals surface area (Å²) in [5, 5.41) is 13.2. The second kappa shape index (κ2) is 6.83. The number of rotatable bonds is 7. The largest absolute Gasteiger partial charge is 0.395 e. The second-order valence-corrected chi connectivity index (χ2v) is 5.07. The van der Waals surface area contributed by atoms with E-state index in [1.807, 2.05) is 6.20 Å². The Morgan fingerprint density at radius 3 is 2.88 bits per heavy atom. The molecule has 0 saturated heterocycles. The Hall–Kier alpha value is -0.650. The molecule has 1 rings (SSSR count). The highest BCUT2D eigenvalue weighted by atomic mass is 32.1. The highest BCUT2D eigenvalue weighted by Gasteiger charge is 2.11. The summed E-state index contributed by atoms with van der Waals surface area (Å²) in [6.07, 6.45) is 1.91. The van der Waals surface area contributed by atoms with Gasteiger partial charge in [0.25, 0.3) is 0 Å². The van der Waals surface area contributed by atoms with Crippen molar-refractivity contribution in [3.63, 3.8) is 0 Å². The number of anilines is 1. The van der Waals surface area contributed by atoms with Gasteiger partial charge < -0.3 is 10.4 Å². The van der Waals surface area contributed by atoms with Crippen LogP contribution in [0.5, 0.6) is 0 Å². The monoisotopic (exact) mass is 243 g/mol. The van der Waals surface area contributed by atoms with Gasteiger partial charge in [-0.05, 0) is 20.8 Å². The topological polar surface area (TPSA) is 48.4 Å². The van der Waals surface area contributed by atoms with Crippen LogP contribution in [0.1, 0.15) is 25.6 Å². The molecule has 0 bridgehead atoms. The van der Waals surface area contributed by atoms with Crippen molar-refractivity contribution in [2.75, 3.05) is 25.0 Å². The van der Waals surface area contributed by atoms with E-state index >= 15 is 0 Å². The van der Waals surface area contributed by atoms with E-state index in [4.69, 9.17) is 5.11 Å². The molecular weight excluding hydrogens is 222 g/mol. The van der Waals surface area contributed by atoms with Gasteiger partial charge in [0.15, 0.2) is 5.13 Å². The van der Waals surface area contributed by atoms with E-state index in [1.165, 1.54) is 4.88 Å². The Balaban J connectivity index is 2.55. The van der Waals surface area contributed by atoms with E-state index in [2.05, 4.69) is 36.0 Å². The molecule has 92 valence electrons. The Morgan fingerprint density at radius 2 is 2.31 bits per heavy atom. The van der Waals surface area contributed by atoms with Gasteiger partial charge in [-0.2, -0.15) is 0 Å². The lowest BCUT2D eigenvalue weighted by Crippen LogP contribution is -2.32. The summed E-state index contributed by atoms with van der Waals surface area (Å²) in [6, 6.07) is 0.442. The molecule has 4 nitrogen and oxygen atoms in total. The number of hydrogen-bond acceptors (Lipinski definition) is 5. The molecule has 0 fully saturated rings. The first-order chi connectivity index (χ1) is 7.67. The fraction of sp³-hybridized carbons (Fsp3) is 0.727. The lowest BCUT2D eigenvalue weighted by molar-refractivity contribution is 0.160. The molecule has 16 heavy (non-hydrogen) atoms. The van der Waals surface area contributed by atoms with Gasteiger partial charge in [0.2, 0.25) is 0 Å². The van der Waals surface area contributed by atoms with Crippen LogP contribution in [0.3, 0.4) is 0 Å². The molecule has 0 radical (unpaired) electrons. The maximum absolute atomic E-state index is 8.99. The number of hydrogen-bond donors (Lipinski definition) is 2. The number of thiazole rings is 1. The fourth-order valence-corrected chi connectivity index (χ4v) is 2.37. The molecule has 1 aromatic rings. The van der Waals surface area contributed by atoms with E-state index in [9.17, 15) is 0 Å². The Bertz CT molecular complexity index is 301. The van der Waals surface area contributed by atoms with Crippen LogP contribution in [-0.4, -0.2) is 40.7 Å². The summed E-state index contributed by atoms with van der Waals surface area (Å²) >= 11 is 1.68. The van der Waals surface area contributed by atoms with Gasteiger partial charge in [0.05, 0.1) is 6.61 Å². The van der Waals surface area contributed by atoms with Gasteiger partial charge in [-0.25, -0.2) is 4.98 Å². The number of aliphatic hydroxyl groups excluding tert-OH is 1. The minimum atomic E-state index is 0.205. The van der Waals surface area contributed by atoms with Crippen LogP contribution in [0, 0.1) is 0 Å². The van der Waals surface area contributed by atoms with Gasteiger partial charge >= 0.3 is 0 Å². The fourth-order valence-electron chi connectivity index (χ4n) is 1.46. The molecule has 2 N–H and O–H groups in total. The molecule has 0 spiro atoms. The number of nitrogens with one attached hydrogen (secondary N) is 1. The third-order valence-electron chi connectivity index (χ3n) is 2.36. The van der Waals surface area contributed by atoms with Crippen molar-refractivity contribution in [3.8, 4) is 0 Å². The average molecular weight is 243 g/mol. The third-order valence-corrected chi connectivity index (χ3v) is 3.30. The zero-order valence-electron chi connectivity index (χ0n) is 10.2. The number of aliphatic hydroxyl groups is 1. The molecule has 0 amide bonds. The van der Waals surface area contributed by atoms with Gasteiger partial charge in [-0.1, -0.05) is 0 Å². The van der Waals surface area contributed by atoms with E-state index in [0.29, 0.717) is 12.6 Å². The van der Waals surface area contributed by atoms with Crippen molar-refractivity contribution >= 4 is 16.5 Å². The van der Waals surface area contributed by atoms with Crippen LogP contribution in [0.15, 0.2) is 6.20 Å². The Morgan fingerprint density at radius 1 is 1.56 bits per heavy atom. The highest BCUT2D eigenvalue weighted by Crippen LogP contribution is 2.20. The first-order valence-corrected chi connectivity index (χ1v) is 6.52. The van der Waals surface area contributed by atoms with Crippen molar-refractivity contribution in [3.05, 3.63) is 11.1 Å². The Labute approximate surface area is 101 Å². The van der Waals surface area contributed by atoms with E-state index < -0.39 is 0 Å². The van der Waals surface area contributed by atoms with Crippen LogP contribution in [0.2, 0.25) is 0 Å². The maximum Gasteiger partial charge on any atom is 0.182 e. The molecular formula is C11H21N3OS. The van der Waals surface area contributed by atoms with Gasteiger partial charge in [0.1, 0.15) is 0 Å². The van der Waals surface area contributed by atoms with Gasteiger partial charge in [-0.3, -0.25) is 4.90 Å². The van der Waals surface area contributed by atoms with Crippen molar-refractivity contribution in [1.29, 1.82) is 0 Å². The van der Waals surface area contributed by atoms with Crippen LogP contribution in [0.25, 0.3) is 0 Å². The highest BCUT2D eigenvalue weighted by molar-refractivity contribution is 7.15. The van der Waals surface area contributed by atoms with Gasteiger partial charge in [0, 0.05) is 36.8 Å². The first kappa shape index (κ1) is 13.4. The number of nitrogens with zero attached hydrogens (tertiary/aromatic N) is 2. The lowest BCUT2D eigenvalue weighted by atomic mass is 10.3. The quantitative estimate of drug-likeness (QED) is 0.766. The maximum atomic E-state index is 8.99. The minimum absolute atomic E-state index is 0.205. The summed E-state index contributed by atoms with van der Waals surface area (Å²) in [5.41, 5.74) is 0. The molecule has 1 aromatic heterocycles. The van der Waals surface area contributed by atoms with Crippen LogP contribution >= 0.6 is 11.3 Å². The minimum Gasteiger partial charge on any atom is -0.395 e. The molecule has 0 aliphatic carbocycles. The first-order valence-electron chi connectivity index (χ1n) is 5.70. The molecule has 0 atom stereocenters. The normalized spacial score (nSPS) is 11.4. The predicted octanol–water partition coefficient (Wildman–Crippen LogP) is 1.78. The molecule has 0 unspecified atom stereocenters. The molecule has 0 aromatic carbocycles. The van der Waals surface area contributed by atoms with E-state index in [-0.39, 0.29) is 6.61 Å². The van der Waals surface area contributed by atoms with E-state index in [0.717, 1.165) is 18.2 Å². The van der Waals surface area contributed by atoms with Crippen LogP contribution in [0.4, 0.5) is 5.13 Å². The van der Waals surface area contributed by atoms with E-state index in [1.54, 1.807) is 11.3 Å². The van der Waals surface area contributed by atoms with Crippen molar-refractivity contribution in [2.24, 2.45) is 0 Å². The molecule has 0 aliphatic rings. The van der Waals surface area contributed by atoms with Crippen molar-refractivity contribution in [1.82, 2.24) is 9.88 Å². The molecule has 5 heteroatoms. The van der Waals surface area contributed by atoms with Crippen molar-refractivity contribution in [2.45, 2.75) is 33.4 Å². The summed E-state index contributed by atoms with van der Waals surface area (Å²) < 4.78 is 0. The predicted molar refractivity (Wildman–Crippen MR) is 68.9 cm³/mol. The lowest BCUT2D eigenvalue weighted by Gasteiger charge is -2.24. The second-order valence-electron chi connectivity index (χ2n) is 3.95. The van der Waals surface area contributed by atoms with Crippen LogP contribution in [-0.2, 0) is 6.54 Å². The molecule has 0 aliphatic heterocycles. The molecule has 0 saturated carbocycles. The average Bonchev–Trinajstić information content (AvgIpc) is 2.65. The summed E-state index contributed by atoms with van der Waals surface area (Å²) in [6.45, 7) is 9.03. The SMILES string of the molecule is CCNc1ncc(CN(CCO)C(C)C)s1. The summed E-state index contributed by atoms with van der Waals surface area (Å²) in [5.74, 6) is 0.